The molecule has 0 radical (unpaired) electrons. The minimum absolute atomic E-state index is 0.0504. The van der Waals surface area contributed by atoms with Gasteiger partial charge in [0, 0.05) is 25.4 Å². The lowest BCUT2D eigenvalue weighted by molar-refractivity contribution is -0.150. The summed E-state index contributed by atoms with van der Waals surface area (Å²) in [5, 5.41) is 0. The summed E-state index contributed by atoms with van der Waals surface area (Å²) in [5.74, 6) is -0.275. The number of nitrogens with zero attached hydrogens (tertiary/aromatic N) is 2. The molecule has 0 saturated carbocycles. The van der Waals surface area contributed by atoms with Crippen LogP contribution in [-0.4, -0.2) is 49.0 Å². The number of pyridine rings is 1. The Bertz CT molecular complexity index is 947. The summed E-state index contributed by atoms with van der Waals surface area (Å²) in [6, 6.07) is 7.75. The van der Waals surface area contributed by atoms with Crippen molar-refractivity contribution in [2.45, 2.75) is 50.3 Å². The third kappa shape index (κ3) is 6.98. The van der Waals surface area contributed by atoms with E-state index in [1.807, 2.05) is 0 Å². The molecule has 0 spiro atoms. The molecule has 0 aliphatic rings. The van der Waals surface area contributed by atoms with Crippen molar-refractivity contribution in [2.75, 3.05) is 13.8 Å². The van der Waals surface area contributed by atoms with E-state index in [9.17, 15) is 17.6 Å². The van der Waals surface area contributed by atoms with Gasteiger partial charge in [0.2, 0.25) is 10.0 Å². The first-order valence-corrected chi connectivity index (χ1v) is 11.1. The van der Waals surface area contributed by atoms with Crippen molar-refractivity contribution >= 4 is 15.9 Å². The zero-order chi connectivity index (χ0) is 23.1. The fourth-order valence-corrected chi connectivity index (χ4v) is 4.30. The summed E-state index contributed by atoms with van der Waals surface area (Å²) in [7, 11) is -2.71. The van der Waals surface area contributed by atoms with Crippen LogP contribution in [0, 0.1) is 0 Å². The number of ether oxygens (including phenoxy) is 1. The Hall–Kier alpha value is -2.56. The van der Waals surface area contributed by atoms with Crippen molar-refractivity contribution in [2.24, 2.45) is 0 Å². The van der Waals surface area contributed by atoms with E-state index in [-0.39, 0.29) is 17.9 Å². The van der Waals surface area contributed by atoms with Crippen LogP contribution < -0.4 is 10.2 Å². The highest BCUT2D eigenvalue weighted by molar-refractivity contribution is 7.89. The van der Waals surface area contributed by atoms with E-state index < -0.39 is 34.2 Å². The average molecular weight is 454 g/mol. The average Bonchev–Trinajstić information content (AvgIpc) is 2.74. The van der Waals surface area contributed by atoms with E-state index in [1.165, 1.54) is 37.6 Å². The largest absolute Gasteiger partial charge is 0.497 e. The monoisotopic (exact) mass is 453 g/mol. The highest BCUT2D eigenvalue weighted by Gasteiger charge is 2.36. The van der Waals surface area contributed by atoms with Gasteiger partial charge in [-0.05, 0) is 56.7 Å². The number of aromatic nitrogens is 1. The van der Waals surface area contributed by atoms with E-state index >= 15 is 0 Å². The molecule has 1 aromatic heterocycles. The standard InChI is InChI=1S/C21H28FN3O5S/c1-21(2,3)30-24-20(26)19(11-12-22)25(15-16-6-5-13-23-14-16)31(27,28)18-9-7-17(29-4)8-10-18/h5-10,13-14,19H,11-12,15H2,1-4H3,(H,24,26)/t19-/m0/s1. The van der Waals surface area contributed by atoms with Crippen molar-refractivity contribution in [3.8, 4) is 5.75 Å². The Kier molecular flexibility index (Phi) is 8.49. The SMILES string of the molecule is COc1ccc(S(=O)(=O)N(Cc2cccnc2)[C@@H](CCF)C(=O)NOC(C)(C)C)cc1. The molecule has 1 N–H and O–H groups in total. The van der Waals surface area contributed by atoms with Crippen molar-refractivity contribution in [1.29, 1.82) is 0 Å². The van der Waals surface area contributed by atoms with Crippen molar-refractivity contribution in [3.05, 3.63) is 54.4 Å². The lowest BCUT2D eigenvalue weighted by Gasteiger charge is -2.30. The molecule has 1 amide bonds. The molecular weight excluding hydrogens is 425 g/mol. The van der Waals surface area contributed by atoms with Gasteiger partial charge in [0.15, 0.2) is 0 Å². The van der Waals surface area contributed by atoms with Crippen LogP contribution >= 0.6 is 0 Å². The summed E-state index contributed by atoms with van der Waals surface area (Å²) < 4.78 is 46.4. The topological polar surface area (TPSA) is 97.8 Å². The summed E-state index contributed by atoms with van der Waals surface area (Å²) in [4.78, 5) is 22.1. The van der Waals surface area contributed by atoms with Crippen LogP contribution in [0.5, 0.6) is 5.75 Å². The number of amides is 1. The van der Waals surface area contributed by atoms with Gasteiger partial charge < -0.3 is 4.74 Å². The number of carbonyl (C=O) groups is 1. The molecule has 170 valence electrons. The van der Waals surface area contributed by atoms with Gasteiger partial charge in [0.05, 0.1) is 24.3 Å². The van der Waals surface area contributed by atoms with Gasteiger partial charge in [-0.2, -0.15) is 4.31 Å². The third-order valence-electron chi connectivity index (χ3n) is 4.22. The molecule has 1 aromatic carbocycles. The van der Waals surface area contributed by atoms with Crippen molar-refractivity contribution < 1.29 is 27.2 Å². The smallest absolute Gasteiger partial charge is 0.262 e. The second-order valence-electron chi connectivity index (χ2n) is 7.76. The Morgan fingerprint density at radius 3 is 2.42 bits per heavy atom. The predicted octanol–water partition coefficient (Wildman–Crippen LogP) is 2.86. The van der Waals surface area contributed by atoms with Crippen LogP contribution in [0.15, 0.2) is 53.7 Å². The molecule has 1 atom stereocenters. The van der Waals surface area contributed by atoms with Crippen LogP contribution in [0.25, 0.3) is 0 Å². The molecule has 0 fully saturated rings. The number of hydroxylamine groups is 1. The van der Waals surface area contributed by atoms with Gasteiger partial charge in [0.25, 0.3) is 5.91 Å². The molecule has 0 unspecified atom stereocenters. The highest BCUT2D eigenvalue weighted by Crippen LogP contribution is 2.25. The molecular formula is C21H28FN3O5S. The summed E-state index contributed by atoms with van der Waals surface area (Å²) in [6.45, 7) is 4.10. The molecule has 1 heterocycles. The molecule has 10 heteroatoms. The molecule has 8 nitrogen and oxygen atoms in total. The third-order valence-corrected chi connectivity index (χ3v) is 6.09. The zero-order valence-electron chi connectivity index (χ0n) is 18.0. The Balaban J connectivity index is 2.46. The van der Waals surface area contributed by atoms with E-state index in [0.717, 1.165) is 4.31 Å². The number of methoxy groups -OCH3 is 1. The maximum Gasteiger partial charge on any atom is 0.262 e. The van der Waals surface area contributed by atoms with Crippen LogP contribution in [0.2, 0.25) is 0 Å². The van der Waals surface area contributed by atoms with Crippen LogP contribution in [0.3, 0.4) is 0 Å². The first-order valence-electron chi connectivity index (χ1n) is 9.67. The maximum atomic E-state index is 13.5. The van der Waals surface area contributed by atoms with Gasteiger partial charge >= 0.3 is 0 Å². The number of alkyl halides is 1. The van der Waals surface area contributed by atoms with Crippen LogP contribution in [0.4, 0.5) is 4.39 Å². The minimum atomic E-state index is -4.18. The fourth-order valence-electron chi connectivity index (χ4n) is 2.70. The summed E-state index contributed by atoms with van der Waals surface area (Å²) >= 11 is 0. The number of hydrogen-bond acceptors (Lipinski definition) is 6. The molecule has 0 aliphatic heterocycles. The van der Waals surface area contributed by atoms with Gasteiger partial charge in [-0.1, -0.05) is 6.07 Å². The molecule has 2 rings (SSSR count). The fraction of sp³-hybridized carbons (Fsp3) is 0.429. The predicted molar refractivity (Wildman–Crippen MR) is 113 cm³/mol. The first-order chi connectivity index (χ1) is 14.6. The number of hydrogen-bond donors (Lipinski definition) is 1. The van der Waals surface area contributed by atoms with Gasteiger partial charge in [-0.25, -0.2) is 13.9 Å². The Labute approximate surface area is 182 Å². The molecule has 0 bridgehead atoms. The zero-order valence-corrected chi connectivity index (χ0v) is 18.9. The van der Waals surface area contributed by atoms with E-state index in [0.29, 0.717) is 11.3 Å². The maximum absolute atomic E-state index is 13.5. The number of benzene rings is 1. The van der Waals surface area contributed by atoms with Crippen molar-refractivity contribution in [3.63, 3.8) is 0 Å². The highest BCUT2D eigenvalue weighted by atomic mass is 32.2. The van der Waals surface area contributed by atoms with Crippen LogP contribution in [-0.2, 0) is 26.2 Å². The Morgan fingerprint density at radius 1 is 1.23 bits per heavy atom. The molecule has 31 heavy (non-hydrogen) atoms. The van der Waals surface area contributed by atoms with Gasteiger partial charge in [-0.3, -0.25) is 19.0 Å². The molecule has 2 aromatic rings. The normalized spacial score (nSPS) is 13.1. The molecule has 0 saturated heterocycles. The lowest BCUT2D eigenvalue weighted by Crippen LogP contribution is -2.50. The number of carbonyl (C=O) groups excluding carboxylic acids is 1. The second kappa shape index (κ2) is 10.7. The van der Waals surface area contributed by atoms with Gasteiger partial charge in [-0.15, -0.1) is 0 Å². The molecule has 0 aliphatic carbocycles. The summed E-state index contributed by atoms with van der Waals surface area (Å²) in [6.07, 6.45) is 2.70. The lowest BCUT2D eigenvalue weighted by atomic mass is 10.2. The quantitative estimate of drug-likeness (QED) is 0.556. The minimum Gasteiger partial charge on any atom is -0.497 e. The number of nitrogens with one attached hydrogen (secondary N) is 1. The number of rotatable bonds is 10. The Morgan fingerprint density at radius 2 is 1.90 bits per heavy atom. The van der Waals surface area contributed by atoms with E-state index in [1.54, 1.807) is 39.1 Å². The van der Waals surface area contributed by atoms with E-state index in [4.69, 9.17) is 9.57 Å². The van der Waals surface area contributed by atoms with Crippen molar-refractivity contribution in [1.82, 2.24) is 14.8 Å². The second-order valence-corrected chi connectivity index (χ2v) is 9.65. The van der Waals surface area contributed by atoms with Crippen LogP contribution in [0.1, 0.15) is 32.8 Å². The van der Waals surface area contributed by atoms with Gasteiger partial charge in [0.1, 0.15) is 11.8 Å². The number of sulfonamides is 1. The van der Waals surface area contributed by atoms with E-state index in [2.05, 4.69) is 10.5 Å². The first kappa shape index (κ1) is 24.7. The number of halogens is 1. The summed E-state index contributed by atoms with van der Waals surface area (Å²) in [5.41, 5.74) is 2.11.